The van der Waals surface area contributed by atoms with Crippen LogP contribution in [0.15, 0.2) is 258 Å². The van der Waals surface area contributed by atoms with Crippen molar-refractivity contribution >= 4 is 87.5 Å². The second kappa shape index (κ2) is 16.6. The van der Waals surface area contributed by atoms with E-state index in [2.05, 4.69) is 173 Å². The Morgan fingerprint density at radius 1 is 0.263 bits per heavy atom. The first-order valence-electron chi connectivity index (χ1n) is 25.6. The summed E-state index contributed by atoms with van der Waals surface area (Å²) in [5.41, 5.74) is 17.3. The lowest BCUT2D eigenvalue weighted by molar-refractivity contribution is 0.669. The molecule has 354 valence electrons. The van der Waals surface area contributed by atoms with Gasteiger partial charge in [-0.05, 0) is 89.0 Å². The summed E-state index contributed by atoms with van der Waals surface area (Å²) < 4.78 is 17.7. The molecular formula is C69H41N5O2. The number of para-hydroxylation sites is 5. The largest absolute Gasteiger partial charge is 0.455 e. The molecule has 0 aliphatic carbocycles. The SMILES string of the molecule is c1ccc(-c2nc(-c3ccccc3)nc(-n3c4ccccc4c4cc(-c5ccc6c(c5)c5cc(-c7cccc8c7oc7ccccc78)ccc5n6-c5ccc(-c6cccc7c6oc6ccccc67)cc5)ccc43)n2)cc1. The minimum Gasteiger partial charge on any atom is -0.455 e. The maximum atomic E-state index is 6.60. The van der Waals surface area contributed by atoms with Crippen molar-refractivity contribution in [1.82, 2.24) is 24.1 Å². The van der Waals surface area contributed by atoms with Crippen LogP contribution in [0.4, 0.5) is 0 Å². The molecule has 0 unspecified atom stereocenters. The van der Waals surface area contributed by atoms with Crippen LogP contribution in [0.1, 0.15) is 0 Å². The van der Waals surface area contributed by atoms with Gasteiger partial charge < -0.3 is 13.4 Å². The van der Waals surface area contributed by atoms with Crippen molar-refractivity contribution < 1.29 is 8.83 Å². The van der Waals surface area contributed by atoms with Crippen molar-refractivity contribution in [2.24, 2.45) is 0 Å². The van der Waals surface area contributed by atoms with Gasteiger partial charge in [-0.3, -0.25) is 4.57 Å². The smallest absolute Gasteiger partial charge is 0.238 e. The maximum Gasteiger partial charge on any atom is 0.238 e. The summed E-state index contributed by atoms with van der Waals surface area (Å²) >= 11 is 0. The number of rotatable bonds is 7. The van der Waals surface area contributed by atoms with Gasteiger partial charge in [0.1, 0.15) is 22.3 Å². The molecule has 5 heterocycles. The summed E-state index contributed by atoms with van der Waals surface area (Å²) in [7, 11) is 0. The minimum atomic E-state index is 0.564. The fourth-order valence-electron chi connectivity index (χ4n) is 11.7. The third-order valence-electron chi connectivity index (χ3n) is 15.2. The molecule has 5 aromatic heterocycles. The van der Waals surface area contributed by atoms with E-state index in [0.29, 0.717) is 17.6 Å². The normalized spacial score (nSPS) is 11.9. The number of furan rings is 2. The summed E-state index contributed by atoms with van der Waals surface area (Å²) in [5, 5.41) is 8.99. The molecule has 76 heavy (non-hydrogen) atoms. The molecule has 0 radical (unpaired) electrons. The van der Waals surface area contributed by atoms with Crippen molar-refractivity contribution in [3.8, 4) is 67.8 Å². The molecule has 0 saturated carbocycles. The first kappa shape index (κ1) is 42.2. The lowest BCUT2D eigenvalue weighted by Gasteiger charge is -2.11. The van der Waals surface area contributed by atoms with E-state index in [4.69, 9.17) is 23.8 Å². The van der Waals surface area contributed by atoms with Crippen LogP contribution in [0.25, 0.3) is 155 Å². The van der Waals surface area contributed by atoms with E-state index < -0.39 is 0 Å². The van der Waals surface area contributed by atoms with Gasteiger partial charge in [-0.25, -0.2) is 4.98 Å². The molecule has 0 saturated heterocycles. The van der Waals surface area contributed by atoms with Gasteiger partial charge in [0, 0.05) is 71.0 Å². The third-order valence-corrected chi connectivity index (χ3v) is 15.2. The molecule has 16 rings (SSSR count). The highest BCUT2D eigenvalue weighted by atomic mass is 16.3. The highest BCUT2D eigenvalue weighted by molar-refractivity contribution is 6.15. The Morgan fingerprint density at radius 3 is 1.26 bits per heavy atom. The second-order valence-corrected chi connectivity index (χ2v) is 19.5. The van der Waals surface area contributed by atoms with Gasteiger partial charge in [-0.15, -0.1) is 0 Å². The molecule has 0 aliphatic rings. The number of aromatic nitrogens is 5. The lowest BCUT2D eigenvalue weighted by atomic mass is 9.98. The first-order chi connectivity index (χ1) is 37.7. The predicted octanol–water partition coefficient (Wildman–Crippen LogP) is 18.2. The summed E-state index contributed by atoms with van der Waals surface area (Å²) in [6, 6.07) is 87.6. The maximum absolute atomic E-state index is 6.60. The number of fused-ring (bicyclic) bond motifs is 12. The van der Waals surface area contributed by atoms with Crippen LogP contribution in [0.2, 0.25) is 0 Å². The number of hydrogen-bond acceptors (Lipinski definition) is 5. The van der Waals surface area contributed by atoms with E-state index in [1.165, 1.54) is 0 Å². The van der Waals surface area contributed by atoms with Gasteiger partial charge >= 0.3 is 0 Å². The second-order valence-electron chi connectivity index (χ2n) is 19.5. The van der Waals surface area contributed by atoms with Gasteiger partial charge in [0.15, 0.2) is 11.6 Å². The molecule has 0 aliphatic heterocycles. The summed E-state index contributed by atoms with van der Waals surface area (Å²) in [6.07, 6.45) is 0. The molecule has 0 fully saturated rings. The molecular weight excluding hydrogens is 931 g/mol. The van der Waals surface area contributed by atoms with Crippen LogP contribution < -0.4 is 0 Å². The molecule has 0 N–H and O–H groups in total. The first-order valence-corrected chi connectivity index (χ1v) is 25.6. The van der Waals surface area contributed by atoms with Gasteiger partial charge in [-0.1, -0.05) is 182 Å². The molecule has 11 aromatic carbocycles. The molecule has 16 aromatic rings. The number of hydrogen-bond donors (Lipinski definition) is 0. The Morgan fingerprint density at radius 2 is 0.684 bits per heavy atom. The Hall–Kier alpha value is -10.4. The van der Waals surface area contributed by atoms with Crippen molar-refractivity contribution in [2.45, 2.75) is 0 Å². The standard InChI is InChI=1S/C69H41N5O2/c1-3-15-43(16-4-1)67-70-68(44-17-5-2-6-18-44)72-69(71-67)74-59-26-10-7-19-51(59)56-39-45(32-37-62(56)74)46-31-36-60-57(40-46)58-41-47(50-23-14-25-55-53-21-9-12-28-64(53)76-66(50)55)33-38-61(58)73(60)48-34-29-42(30-35-48)49-22-13-24-54-52-20-8-11-27-63(52)75-65(49)54/h1-41H. The van der Waals surface area contributed by atoms with Gasteiger partial charge in [0.05, 0.1) is 22.1 Å². The average molecular weight is 972 g/mol. The fraction of sp³-hybridized carbons (Fsp3) is 0. The zero-order chi connectivity index (χ0) is 49.8. The topological polar surface area (TPSA) is 74.8 Å². The number of benzene rings is 11. The summed E-state index contributed by atoms with van der Waals surface area (Å²) in [6.45, 7) is 0. The zero-order valence-electron chi connectivity index (χ0n) is 40.7. The Bertz CT molecular complexity index is 4930. The summed E-state index contributed by atoms with van der Waals surface area (Å²) in [5.74, 6) is 1.80. The molecule has 0 bridgehead atoms. The van der Waals surface area contributed by atoms with Crippen molar-refractivity contribution in [3.63, 3.8) is 0 Å². The average Bonchev–Trinajstić information content (AvgIpc) is 4.28. The van der Waals surface area contributed by atoms with Gasteiger partial charge in [0.2, 0.25) is 5.95 Å². The van der Waals surface area contributed by atoms with Gasteiger partial charge in [0.25, 0.3) is 0 Å². The highest BCUT2D eigenvalue weighted by Crippen LogP contribution is 2.43. The highest BCUT2D eigenvalue weighted by Gasteiger charge is 2.21. The van der Waals surface area contributed by atoms with Crippen LogP contribution in [-0.4, -0.2) is 24.1 Å². The van der Waals surface area contributed by atoms with E-state index in [0.717, 1.165) is 138 Å². The van der Waals surface area contributed by atoms with Crippen LogP contribution in [0.5, 0.6) is 0 Å². The van der Waals surface area contributed by atoms with E-state index in [1.807, 2.05) is 84.9 Å². The van der Waals surface area contributed by atoms with Crippen molar-refractivity contribution in [2.75, 3.05) is 0 Å². The van der Waals surface area contributed by atoms with Crippen LogP contribution in [0, 0.1) is 0 Å². The Balaban J connectivity index is 0.868. The van der Waals surface area contributed by atoms with E-state index in [9.17, 15) is 0 Å². The van der Waals surface area contributed by atoms with Crippen molar-refractivity contribution in [1.29, 1.82) is 0 Å². The van der Waals surface area contributed by atoms with Crippen LogP contribution >= 0.6 is 0 Å². The van der Waals surface area contributed by atoms with E-state index in [-0.39, 0.29) is 0 Å². The lowest BCUT2D eigenvalue weighted by Crippen LogP contribution is -2.06. The minimum absolute atomic E-state index is 0.564. The third kappa shape index (κ3) is 6.52. The molecule has 0 atom stereocenters. The van der Waals surface area contributed by atoms with Gasteiger partial charge in [-0.2, -0.15) is 9.97 Å². The zero-order valence-corrected chi connectivity index (χ0v) is 40.7. The molecule has 7 heteroatoms. The van der Waals surface area contributed by atoms with E-state index in [1.54, 1.807) is 0 Å². The predicted molar refractivity (Wildman–Crippen MR) is 310 cm³/mol. The number of nitrogens with zero attached hydrogens (tertiary/aromatic N) is 5. The van der Waals surface area contributed by atoms with Crippen molar-refractivity contribution in [3.05, 3.63) is 249 Å². The Labute approximate surface area is 434 Å². The Kier molecular flexibility index (Phi) is 9.20. The molecule has 0 amide bonds. The van der Waals surface area contributed by atoms with E-state index >= 15 is 0 Å². The molecule has 0 spiro atoms. The van der Waals surface area contributed by atoms with Crippen LogP contribution in [-0.2, 0) is 0 Å². The summed E-state index contributed by atoms with van der Waals surface area (Å²) in [4.78, 5) is 15.3. The monoisotopic (exact) mass is 971 g/mol. The molecule has 7 nitrogen and oxygen atoms in total. The fourth-order valence-corrected chi connectivity index (χ4v) is 11.7. The van der Waals surface area contributed by atoms with Crippen LogP contribution in [0.3, 0.4) is 0 Å². The quantitative estimate of drug-likeness (QED) is 0.159.